The molecular formula is C47H94N6O3. The average Bonchev–Trinajstić information content (AvgIpc) is 3.56. The Hall–Kier alpha value is -0.360. The SMILES string of the molecule is CCCCCCCCN(CCCNCCCN)CCCC(C)C1CC[C@H]2C3[C@H](OCCCN)CC4C[C@H](OCCCN)CC[C@]4(C)[C@H]3C[C@H](OCCCN)[C@]12C. The predicted octanol–water partition coefficient (Wildman–Crippen LogP) is 7.47. The third kappa shape index (κ3) is 13.3. The number of nitrogens with zero attached hydrogens (tertiary/aromatic N) is 1. The van der Waals surface area contributed by atoms with Crippen LogP contribution in [-0.4, -0.2) is 102 Å². The summed E-state index contributed by atoms with van der Waals surface area (Å²) in [5.41, 5.74) is 24.1. The highest BCUT2D eigenvalue weighted by Gasteiger charge is 2.66. The number of hydrogen-bond donors (Lipinski definition) is 5. The lowest BCUT2D eigenvalue weighted by molar-refractivity contribution is -0.227. The van der Waals surface area contributed by atoms with Crippen LogP contribution in [0.3, 0.4) is 0 Å². The monoisotopic (exact) mass is 791 g/mol. The highest BCUT2D eigenvalue weighted by atomic mass is 16.5. The van der Waals surface area contributed by atoms with E-state index in [-0.39, 0.29) is 11.5 Å². The van der Waals surface area contributed by atoms with Crippen LogP contribution >= 0.6 is 0 Å². The smallest absolute Gasteiger partial charge is 0.0637 e. The molecule has 0 radical (unpaired) electrons. The molecule has 0 heterocycles. The number of unbranched alkanes of at least 4 members (excludes halogenated alkanes) is 5. The second-order valence-corrected chi connectivity index (χ2v) is 19.5. The van der Waals surface area contributed by atoms with Gasteiger partial charge in [0.1, 0.15) is 0 Å². The summed E-state index contributed by atoms with van der Waals surface area (Å²) in [5.74, 6) is 3.81. The lowest BCUT2D eigenvalue weighted by atomic mass is 9.43. The minimum Gasteiger partial charge on any atom is -0.378 e. The molecule has 4 aliphatic rings. The molecule has 0 saturated heterocycles. The first-order chi connectivity index (χ1) is 27.3. The molecule has 9 heteroatoms. The molecule has 56 heavy (non-hydrogen) atoms. The highest BCUT2D eigenvalue weighted by Crippen LogP contribution is 2.69. The van der Waals surface area contributed by atoms with Crippen molar-refractivity contribution in [3.8, 4) is 0 Å². The van der Waals surface area contributed by atoms with Crippen molar-refractivity contribution in [2.75, 3.05) is 78.7 Å². The Kier molecular flexibility index (Phi) is 22.5. The molecule has 330 valence electrons. The maximum Gasteiger partial charge on any atom is 0.0637 e. The van der Waals surface area contributed by atoms with E-state index >= 15 is 0 Å². The van der Waals surface area contributed by atoms with Crippen molar-refractivity contribution in [3.63, 3.8) is 0 Å². The van der Waals surface area contributed by atoms with Gasteiger partial charge in [0.05, 0.1) is 18.3 Å². The molecular weight excluding hydrogens is 697 g/mol. The van der Waals surface area contributed by atoms with Crippen LogP contribution in [0, 0.1) is 46.3 Å². The molecule has 0 bridgehead atoms. The van der Waals surface area contributed by atoms with Gasteiger partial charge in [-0.1, -0.05) is 59.8 Å². The molecule has 4 saturated carbocycles. The first-order valence-electron chi connectivity index (χ1n) is 24.4. The van der Waals surface area contributed by atoms with E-state index in [0.717, 1.165) is 71.6 Å². The van der Waals surface area contributed by atoms with E-state index < -0.39 is 0 Å². The maximum absolute atomic E-state index is 7.12. The molecule has 0 aromatic rings. The Morgan fingerprint density at radius 2 is 1.30 bits per heavy atom. The average molecular weight is 791 g/mol. The van der Waals surface area contributed by atoms with Crippen LogP contribution in [0.1, 0.15) is 156 Å². The second kappa shape index (κ2) is 26.1. The molecule has 9 nitrogen and oxygen atoms in total. The Labute approximate surface area is 346 Å². The van der Waals surface area contributed by atoms with Crippen LogP contribution in [0.25, 0.3) is 0 Å². The van der Waals surface area contributed by atoms with Gasteiger partial charge in [0.25, 0.3) is 0 Å². The minimum atomic E-state index is 0.157. The van der Waals surface area contributed by atoms with Crippen molar-refractivity contribution < 1.29 is 14.2 Å². The summed E-state index contributed by atoms with van der Waals surface area (Å²) < 4.78 is 20.6. The molecule has 9 N–H and O–H groups in total. The molecule has 4 fully saturated rings. The molecule has 0 aromatic heterocycles. The topological polar surface area (TPSA) is 147 Å². The lowest BCUT2D eigenvalue weighted by Crippen LogP contribution is -2.63. The number of ether oxygens (including phenoxy) is 3. The van der Waals surface area contributed by atoms with E-state index in [0.29, 0.717) is 72.8 Å². The zero-order valence-corrected chi connectivity index (χ0v) is 37.3. The molecule has 0 aliphatic heterocycles. The summed E-state index contributed by atoms with van der Waals surface area (Å²) in [6.07, 6.45) is 25.4. The molecule has 0 amide bonds. The van der Waals surface area contributed by atoms with E-state index in [4.69, 9.17) is 37.1 Å². The molecule has 11 atom stereocenters. The molecule has 0 spiro atoms. The predicted molar refractivity (Wildman–Crippen MR) is 236 cm³/mol. The van der Waals surface area contributed by atoms with Gasteiger partial charge >= 0.3 is 0 Å². The van der Waals surface area contributed by atoms with Crippen LogP contribution in [0.5, 0.6) is 0 Å². The quantitative estimate of drug-likeness (QED) is 0.0452. The van der Waals surface area contributed by atoms with Gasteiger partial charge in [-0.15, -0.1) is 0 Å². The summed E-state index contributed by atoms with van der Waals surface area (Å²) in [6.45, 7) is 21.3. The van der Waals surface area contributed by atoms with E-state index in [2.05, 4.69) is 37.9 Å². The third-order valence-electron chi connectivity index (χ3n) is 15.8. The number of nitrogens with one attached hydrogen (secondary N) is 1. The minimum absolute atomic E-state index is 0.157. The van der Waals surface area contributed by atoms with Gasteiger partial charge in [0.15, 0.2) is 0 Å². The number of hydrogen-bond acceptors (Lipinski definition) is 9. The van der Waals surface area contributed by atoms with Crippen molar-refractivity contribution >= 4 is 0 Å². The zero-order valence-electron chi connectivity index (χ0n) is 37.3. The fourth-order valence-electron chi connectivity index (χ4n) is 12.7. The molecule has 4 aliphatic carbocycles. The first kappa shape index (κ1) is 48.3. The fraction of sp³-hybridized carbons (Fsp3) is 1.00. The first-order valence-corrected chi connectivity index (χ1v) is 24.4. The van der Waals surface area contributed by atoms with Crippen molar-refractivity contribution in [1.29, 1.82) is 0 Å². The van der Waals surface area contributed by atoms with Crippen molar-refractivity contribution in [1.82, 2.24) is 10.2 Å². The molecule has 0 aromatic carbocycles. The van der Waals surface area contributed by atoms with Gasteiger partial charge in [-0.05, 0) is 196 Å². The Bertz CT molecular complexity index is 1010. The molecule has 4 rings (SSSR count). The summed E-state index contributed by atoms with van der Waals surface area (Å²) in [5, 5.41) is 3.61. The van der Waals surface area contributed by atoms with Crippen LogP contribution in [0.4, 0.5) is 0 Å². The van der Waals surface area contributed by atoms with Crippen LogP contribution in [0.2, 0.25) is 0 Å². The number of fused-ring (bicyclic) bond motifs is 5. The Balaban J connectivity index is 1.47. The fourth-order valence-corrected chi connectivity index (χ4v) is 12.7. The number of rotatable bonds is 31. The van der Waals surface area contributed by atoms with Gasteiger partial charge in [-0.3, -0.25) is 0 Å². The van der Waals surface area contributed by atoms with E-state index in [1.165, 1.54) is 116 Å². The van der Waals surface area contributed by atoms with Crippen molar-refractivity contribution in [2.24, 2.45) is 69.3 Å². The highest BCUT2D eigenvalue weighted by molar-refractivity contribution is 5.15. The standard InChI is InChI=1S/C47H94N6O3/c1-5-6-7-8-9-10-28-53(30-16-27-52-26-12-22-48)29-11-17-37(2)40-18-19-41-45-42(36-44(47(40,41)4)56-33-15-25-51)46(3)21-20-39(54-31-13-23-49)34-38(46)35-43(45)55-32-14-24-50/h37-45,52H,5-36,48-51H2,1-4H3/t37?,38?,39-,40?,41+,42+,43-,44+,45?,46+,47-/m1/s1. The maximum atomic E-state index is 7.12. The van der Waals surface area contributed by atoms with Crippen molar-refractivity contribution in [2.45, 2.75) is 174 Å². The third-order valence-corrected chi connectivity index (χ3v) is 15.8. The van der Waals surface area contributed by atoms with E-state index in [9.17, 15) is 0 Å². The lowest BCUT2D eigenvalue weighted by Gasteiger charge is -2.65. The summed E-state index contributed by atoms with van der Waals surface area (Å²) >= 11 is 0. The summed E-state index contributed by atoms with van der Waals surface area (Å²) in [7, 11) is 0. The normalized spacial score (nSPS) is 33.4. The van der Waals surface area contributed by atoms with Crippen LogP contribution < -0.4 is 28.3 Å². The Morgan fingerprint density at radius 3 is 2.04 bits per heavy atom. The Morgan fingerprint density at radius 1 is 0.661 bits per heavy atom. The van der Waals surface area contributed by atoms with Gasteiger partial charge in [0, 0.05) is 25.2 Å². The van der Waals surface area contributed by atoms with E-state index in [1.54, 1.807) is 0 Å². The zero-order chi connectivity index (χ0) is 40.2. The summed E-state index contributed by atoms with van der Waals surface area (Å²) in [4.78, 5) is 2.79. The second-order valence-electron chi connectivity index (χ2n) is 19.5. The van der Waals surface area contributed by atoms with Gasteiger partial charge < -0.3 is 47.4 Å². The largest absolute Gasteiger partial charge is 0.378 e. The summed E-state index contributed by atoms with van der Waals surface area (Å²) in [6, 6.07) is 0. The van der Waals surface area contributed by atoms with Gasteiger partial charge in [-0.25, -0.2) is 0 Å². The van der Waals surface area contributed by atoms with Crippen LogP contribution in [0.15, 0.2) is 0 Å². The van der Waals surface area contributed by atoms with Gasteiger partial charge in [-0.2, -0.15) is 0 Å². The van der Waals surface area contributed by atoms with E-state index in [1.807, 2.05) is 0 Å². The van der Waals surface area contributed by atoms with Crippen LogP contribution in [-0.2, 0) is 14.2 Å². The van der Waals surface area contributed by atoms with Gasteiger partial charge in [0.2, 0.25) is 0 Å². The van der Waals surface area contributed by atoms with Crippen molar-refractivity contribution in [3.05, 3.63) is 0 Å². The number of nitrogens with two attached hydrogens (primary N) is 4. The molecule has 4 unspecified atom stereocenters.